The van der Waals surface area contributed by atoms with Crippen molar-refractivity contribution in [3.63, 3.8) is 0 Å². The fourth-order valence-electron chi connectivity index (χ4n) is 16.1. The molecule has 13 rings (SSSR count). The molecule has 568 valence electrons. The number of hydrogen-bond donors (Lipinski definition) is 2. The third-order valence-corrected chi connectivity index (χ3v) is 22.8. The number of nitrogens with zero attached hydrogens (tertiary/aromatic N) is 2. The van der Waals surface area contributed by atoms with Gasteiger partial charge in [-0.1, -0.05) is 314 Å². The van der Waals surface area contributed by atoms with Crippen LogP contribution in [-0.4, -0.2) is 60.5 Å². The monoisotopic (exact) mass is 1460 g/mol. The number of phenolic OH excluding ortho intramolecular Hbond substituents is 2. The van der Waals surface area contributed by atoms with Crippen LogP contribution in [0, 0.1) is 0 Å². The predicted octanol–water partition coefficient (Wildman–Crippen LogP) is 24.5. The third kappa shape index (κ3) is 17.4. The van der Waals surface area contributed by atoms with Crippen molar-refractivity contribution in [1.82, 2.24) is 9.80 Å². The molecule has 2 N–H and O–H groups in total. The number of phenols is 2. The van der Waals surface area contributed by atoms with Crippen molar-refractivity contribution in [1.29, 1.82) is 0 Å². The molecule has 110 heavy (non-hydrogen) atoms. The average molecular weight is 1460 g/mol. The van der Waals surface area contributed by atoms with Gasteiger partial charge in [-0.3, -0.25) is 9.80 Å². The van der Waals surface area contributed by atoms with E-state index in [0.29, 0.717) is 65.0 Å². The molecule has 8 heteroatoms. The number of fused-ring (bicyclic) bond motifs is 10. The molecule has 4 unspecified atom stereocenters. The lowest BCUT2D eigenvalue weighted by Gasteiger charge is -2.35. The van der Waals surface area contributed by atoms with E-state index in [2.05, 4.69) is 363 Å². The van der Waals surface area contributed by atoms with Gasteiger partial charge in [-0.2, -0.15) is 0 Å². The standard InChI is InChI=1S/C102H114N2O6/c1-67(69-35-21-17-22-36-69)103(15)93(73-41-25-19-26-42-73)91-87-45-31-29-39-71(87)47-49-89(91)107-51-33-53-109-97-79-55-75-59-83(99(3,4)5)61-77(95(75)105)57-81-65-86(102(12,13)14)66-82(58-78-62-84(100(6,7)8)60-76(96(78)106)56-80(97)64-85(63-79)101(9,10)11)98(81)110-54-34-52-108-90-50-48-72-40-30-32-46-88(72)92(90)94(74-43-27-20-28-44-74)104(16)68(2)70-37-23-18-24-38-70/h17-32,35-50,59-68,93-94,105-106H,33-34,51-58H2,1-16H3. The van der Waals surface area contributed by atoms with E-state index in [1.165, 1.54) is 22.3 Å². The Bertz CT molecular complexity index is 4750. The molecule has 0 fully saturated rings. The molecular formula is C102H114N2O6. The zero-order chi connectivity index (χ0) is 77.8. The zero-order valence-corrected chi connectivity index (χ0v) is 67.9. The normalized spacial score (nSPS) is 14.0. The fourth-order valence-corrected chi connectivity index (χ4v) is 16.1. The minimum absolute atomic E-state index is 0.0879. The molecule has 0 spiro atoms. The van der Waals surface area contributed by atoms with Gasteiger partial charge in [0.15, 0.2) is 0 Å². The molecule has 0 amide bonds. The lowest BCUT2D eigenvalue weighted by molar-refractivity contribution is 0.205. The van der Waals surface area contributed by atoms with Crippen LogP contribution in [0.25, 0.3) is 21.5 Å². The maximum atomic E-state index is 13.3. The van der Waals surface area contributed by atoms with Crippen LogP contribution in [0.5, 0.6) is 34.5 Å². The maximum absolute atomic E-state index is 13.3. The van der Waals surface area contributed by atoms with Crippen molar-refractivity contribution in [3.8, 4) is 34.5 Å². The molecule has 1 aliphatic carbocycles. The SMILES string of the molecule is CC(c1ccccc1)N(C)C(c1ccccc1)c1c(OCCCOc2c3cc(C(C)(C)C)cc2Cc2cc(C(C)(C)C)cc(c2O)Cc2cc(C(C)(C)C)cc(c2OCCCOc2ccc4ccccc4c2C(c2ccccc2)N(C)C(C)c2ccccc2)Cc2cc(C(C)(C)C)cc(c2O)C3)ccc2ccccc12. The molecule has 0 saturated heterocycles. The second-order valence-corrected chi connectivity index (χ2v) is 34.9. The Balaban J connectivity index is 0.864. The van der Waals surface area contributed by atoms with Gasteiger partial charge in [-0.15, -0.1) is 0 Å². The summed E-state index contributed by atoms with van der Waals surface area (Å²) in [6, 6.07) is 87.1. The summed E-state index contributed by atoms with van der Waals surface area (Å²) in [5.41, 5.74) is 17.8. The van der Waals surface area contributed by atoms with Gasteiger partial charge in [0.05, 0.1) is 38.5 Å². The van der Waals surface area contributed by atoms with E-state index in [4.69, 9.17) is 18.9 Å². The summed E-state index contributed by atoms with van der Waals surface area (Å²) in [6.45, 7) is 33.2. The summed E-state index contributed by atoms with van der Waals surface area (Å²) in [5.74, 6) is 3.73. The van der Waals surface area contributed by atoms with E-state index >= 15 is 0 Å². The number of hydrogen-bond acceptors (Lipinski definition) is 8. The predicted molar refractivity (Wildman–Crippen MR) is 456 cm³/mol. The lowest BCUT2D eigenvalue weighted by atomic mass is 9.79. The van der Waals surface area contributed by atoms with Crippen molar-refractivity contribution in [3.05, 3.63) is 343 Å². The highest BCUT2D eigenvalue weighted by molar-refractivity contribution is 5.90. The van der Waals surface area contributed by atoms with E-state index in [9.17, 15) is 10.2 Å². The molecule has 12 aromatic carbocycles. The van der Waals surface area contributed by atoms with Crippen molar-refractivity contribution in [2.24, 2.45) is 0 Å². The fraction of sp³-hybridized carbons (Fsp3) is 0.333. The van der Waals surface area contributed by atoms with Crippen LogP contribution < -0.4 is 18.9 Å². The van der Waals surface area contributed by atoms with Gasteiger partial charge in [-0.05, 0) is 172 Å². The Morgan fingerprint density at radius 1 is 0.309 bits per heavy atom. The number of aromatic hydroxyl groups is 2. The number of ether oxygens (including phenoxy) is 4. The van der Waals surface area contributed by atoms with Crippen LogP contribution in [0.15, 0.2) is 243 Å². The molecule has 0 heterocycles. The van der Waals surface area contributed by atoms with E-state index in [1.807, 2.05) is 0 Å². The number of rotatable bonds is 22. The van der Waals surface area contributed by atoms with Gasteiger partial charge in [-0.25, -0.2) is 0 Å². The van der Waals surface area contributed by atoms with E-state index < -0.39 is 0 Å². The Labute approximate surface area is 655 Å². The topological polar surface area (TPSA) is 83.9 Å². The molecule has 12 aromatic rings. The first-order chi connectivity index (χ1) is 52.6. The molecule has 8 nitrogen and oxygen atoms in total. The Morgan fingerprint density at radius 2 is 0.564 bits per heavy atom. The molecule has 0 saturated carbocycles. The van der Waals surface area contributed by atoms with Crippen LogP contribution in [-0.2, 0) is 47.3 Å². The van der Waals surface area contributed by atoms with Gasteiger partial charge >= 0.3 is 0 Å². The summed E-state index contributed by atoms with van der Waals surface area (Å²) in [6.07, 6.45) is 2.74. The van der Waals surface area contributed by atoms with Crippen LogP contribution in [0.1, 0.15) is 234 Å². The van der Waals surface area contributed by atoms with Crippen LogP contribution in [0.4, 0.5) is 0 Å². The third-order valence-electron chi connectivity index (χ3n) is 22.8. The molecule has 0 aliphatic heterocycles. The Morgan fingerprint density at radius 3 is 0.855 bits per heavy atom. The Kier molecular flexibility index (Phi) is 23.3. The highest BCUT2D eigenvalue weighted by atomic mass is 16.5. The van der Waals surface area contributed by atoms with Crippen LogP contribution >= 0.6 is 0 Å². The molecular weight excluding hydrogens is 1350 g/mol. The molecule has 8 bridgehead atoms. The minimum Gasteiger partial charge on any atom is -0.507 e. The second kappa shape index (κ2) is 32.8. The summed E-state index contributed by atoms with van der Waals surface area (Å²) in [5, 5.41) is 31.2. The first-order valence-electron chi connectivity index (χ1n) is 39.8. The molecule has 0 radical (unpaired) electrons. The average Bonchev–Trinajstić information content (AvgIpc) is 0.770. The zero-order valence-electron chi connectivity index (χ0n) is 67.9. The summed E-state index contributed by atoms with van der Waals surface area (Å²) >= 11 is 0. The second-order valence-electron chi connectivity index (χ2n) is 34.9. The smallest absolute Gasteiger partial charge is 0.126 e. The summed E-state index contributed by atoms with van der Waals surface area (Å²) < 4.78 is 28.9. The van der Waals surface area contributed by atoms with Crippen molar-refractivity contribution < 1.29 is 29.2 Å². The summed E-state index contributed by atoms with van der Waals surface area (Å²) in [4.78, 5) is 4.94. The molecule has 1 aliphatic rings. The highest BCUT2D eigenvalue weighted by Gasteiger charge is 2.34. The molecule has 0 aromatic heterocycles. The van der Waals surface area contributed by atoms with E-state index in [0.717, 1.165) is 122 Å². The van der Waals surface area contributed by atoms with Crippen molar-refractivity contribution in [2.45, 2.75) is 181 Å². The van der Waals surface area contributed by atoms with Crippen LogP contribution in [0.3, 0.4) is 0 Å². The van der Waals surface area contributed by atoms with E-state index in [-0.39, 0.29) is 57.3 Å². The first kappa shape index (κ1) is 78.0. The highest BCUT2D eigenvalue weighted by Crippen LogP contribution is 2.48. The van der Waals surface area contributed by atoms with Gasteiger partial charge in [0.1, 0.15) is 34.5 Å². The van der Waals surface area contributed by atoms with Crippen molar-refractivity contribution >= 4 is 21.5 Å². The minimum atomic E-state index is -0.276. The molecule has 4 atom stereocenters. The summed E-state index contributed by atoms with van der Waals surface area (Å²) in [7, 11) is 4.46. The maximum Gasteiger partial charge on any atom is 0.126 e. The first-order valence-corrected chi connectivity index (χ1v) is 39.8. The number of benzene rings is 12. The van der Waals surface area contributed by atoms with Gasteiger partial charge in [0.25, 0.3) is 0 Å². The van der Waals surface area contributed by atoms with Gasteiger partial charge in [0, 0.05) is 61.7 Å². The van der Waals surface area contributed by atoms with Gasteiger partial charge in [0.2, 0.25) is 0 Å². The van der Waals surface area contributed by atoms with Gasteiger partial charge < -0.3 is 29.2 Å². The van der Waals surface area contributed by atoms with E-state index in [1.54, 1.807) is 0 Å². The lowest BCUT2D eigenvalue weighted by Crippen LogP contribution is -2.29. The van der Waals surface area contributed by atoms with Crippen molar-refractivity contribution in [2.75, 3.05) is 40.5 Å². The largest absolute Gasteiger partial charge is 0.507 e. The quantitative estimate of drug-likeness (QED) is 0.0650. The van der Waals surface area contributed by atoms with Crippen LogP contribution in [0.2, 0.25) is 0 Å². The Hall–Kier alpha value is -10.1.